The third-order valence-corrected chi connectivity index (χ3v) is 7.40. The number of fused-ring (bicyclic) bond motifs is 1. The Kier molecular flexibility index (Phi) is 7.18. The summed E-state index contributed by atoms with van der Waals surface area (Å²) in [6, 6.07) is 12.6. The Morgan fingerprint density at radius 2 is 1.70 bits per heavy atom. The number of carbonyl (C=O) groups excluding carboxylic acids is 1. The first-order chi connectivity index (χ1) is 15.8. The first kappa shape index (κ1) is 23.5. The van der Waals surface area contributed by atoms with E-state index < -0.39 is 17.1 Å². The summed E-state index contributed by atoms with van der Waals surface area (Å²) >= 11 is 4.18. The maximum Gasteiger partial charge on any atom is 0.303 e. The van der Waals surface area contributed by atoms with Crippen molar-refractivity contribution in [1.82, 2.24) is 4.31 Å². The van der Waals surface area contributed by atoms with Gasteiger partial charge in [-0.3, -0.25) is 14.8 Å². The van der Waals surface area contributed by atoms with Gasteiger partial charge in [0.05, 0.1) is 12.1 Å². The summed E-state index contributed by atoms with van der Waals surface area (Å²) in [5.41, 5.74) is 2.98. The lowest BCUT2D eigenvalue weighted by Crippen LogP contribution is -2.50. The molecule has 2 aliphatic heterocycles. The second kappa shape index (κ2) is 10.1. The van der Waals surface area contributed by atoms with Gasteiger partial charge in [0.1, 0.15) is 0 Å². The molecule has 176 valence electrons. The number of rotatable bonds is 7. The molecule has 0 spiro atoms. The number of nitrogens with zero attached hydrogens (tertiary/aromatic N) is 4. The van der Waals surface area contributed by atoms with Gasteiger partial charge in [-0.15, -0.1) is 0 Å². The molecule has 1 fully saturated rings. The van der Waals surface area contributed by atoms with Crippen LogP contribution in [0.4, 0.5) is 17.1 Å². The van der Waals surface area contributed by atoms with Crippen LogP contribution in [0.25, 0.3) is 0 Å². The van der Waals surface area contributed by atoms with Crippen molar-refractivity contribution in [1.29, 1.82) is 0 Å². The molecule has 2 aromatic rings. The summed E-state index contributed by atoms with van der Waals surface area (Å²) in [6.07, 6.45) is 0.314. The van der Waals surface area contributed by atoms with Crippen LogP contribution in [0.3, 0.4) is 0 Å². The number of amides is 1. The first-order valence-electron chi connectivity index (χ1n) is 10.6. The van der Waals surface area contributed by atoms with Gasteiger partial charge in [0.2, 0.25) is 17.1 Å². The van der Waals surface area contributed by atoms with Crippen LogP contribution in [0.2, 0.25) is 5.02 Å². The molecule has 2 heterocycles. The monoisotopic (exact) mass is 492 g/mol. The Morgan fingerprint density at radius 3 is 2.36 bits per heavy atom. The van der Waals surface area contributed by atoms with Crippen molar-refractivity contribution in [3.05, 3.63) is 53.1 Å². The van der Waals surface area contributed by atoms with E-state index in [9.17, 15) is 19.0 Å². The highest BCUT2D eigenvalue weighted by Gasteiger charge is 2.28. The maximum atomic E-state index is 13.0. The number of halogens is 1. The molecule has 1 unspecified atom stereocenters. The number of hydrogen-bond acceptors (Lipinski definition) is 5. The van der Waals surface area contributed by atoms with Crippen LogP contribution in [0, 0.1) is 0 Å². The molecule has 2 aromatic carbocycles. The van der Waals surface area contributed by atoms with Crippen molar-refractivity contribution < 1.29 is 24.1 Å². The number of benzene rings is 2. The quantitative estimate of drug-likeness (QED) is 0.576. The lowest BCUT2D eigenvalue weighted by atomic mass is 10.1. The van der Waals surface area contributed by atoms with Gasteiger partial charge in [0, 0.05) is 55.5 Å². The molecule has 0 bridgehead atoms. The van der Waals surface area contributed by atoms with Crippen LogP contribution >= 0.6 is 11.6 Å². The van der Waals surface area contributed by atoms with Crippen molar-refractivity contribution in [3.63, 3.8) is 0 Å². The average Bonchev–Trinajstić information content (AvgIpc) is 3.25. The van der Waals surface area contributed by atoms with Crippen molar-refractivity contribution in [2.75, 3.05) is 47.0 Å². The summed E-state index contributed by atoms with van der Waals surface area (Å²) in [5, 5.41) is 20.1. The van der Waals surface area contributed by atoms with E-state index in [1.54, 1.807) is 27.4 Å². The van der Waals surface area contributed by atoms with Gasteiger partial charge in [-0.25, -0.2) is 8.51 Å². The third kappa shape index (κ3) is 5.30. The number of carboxylic acid groups (broad SMARTS) is 1. The number of carboxylic acids is 1. The van der Waals surface area contributed by atoms with Crippen LogP contribution in [0.5, 0.6) is 0 Å². The Morgan fingerprint density at radius 1 is 1.00 bits per heavy atom. The van der Waals surface area contributed by atoms with E-state index in [0.29, 0.717) is 55.5 Å². The van der Waals surface area contributed by atoms with E-state index in [4.69, 9.17) is 16.7 Å². The van der Waals surface area contributed by atoms with Gasteiger partial charge in [-0.1, -0.05) is 11.6 Å². The third-order valence-electron chi connectivity index (χ3n) is 5.83. The Labute approximate surface area is 199 Å². The lowest BCUT2D eigenvalue weighted by Gasteiger charge is -2.36. The summed E-state index contributed by atoms with van der Waals surface area (Å²) in [4.78, 5) is 26.8. The molecule has 0 saturated carbocycles. The van der Waals surface area contributed by atoms with Crippen molar-refractivity contribution in [3.8, 4) is 0 Å². The highest BCUT2D eigenvalue weighted by molar-refractivity contribution is 7.83. The highest BCUT2D eigenvalue weighted by atomic mass is 35.5. The molecule has 2 aliphatic rings. The zero-order valence-corrected chi connectivity index (χ0v) is 19.5. The van der Waals surface area contributed by atoms with Gasteiger partial charge < -0.3 is 14.9 Å². The average molecular weight is 493 g/mol. The second-order valence-corrected chi connectivity index (χ2v) is 9.66. The van der Waals surface area contributed by atoms with Crippen molar-refractivity contribution in [2.45, 2.75) is 19.3 Å². The Bertz CT molecular complexity index is 1060. The molecule has 1 amide bonds. The molecule has 1 saturated heterocycles. The normalized spacial score (nSPS) is 17.0. The minimum atomic E-state index is -1.77. The number of aliphatic carboxylic acids is 1. The fourth-order valence-electron chi connectivity index (χ4n) is 4.07. The Balaban J connectivity index is 1.37. The fraction of sp³-hybridized carbons (Fsp3) is 0.364. The molecule has 0 aliphatic carbocycles. The SMILES string of the molecule is O=C(O)CCC(=O)N1CCc2cc(N(O)S(=O)N3CCN(c4ccc(Cl)cc4)CC3)ccc21. The molecular formula is C22H25ClN4O5S. The van der Waals surface area contributed by atoms with Crippen LogP contribution in [-0.4, -0.2) is 63.4 Å². The van der Waals surface area contributed by atoms with E-state index in [-0.39, 0.29) is 18.7 Å². The summed E-state index contributed by atoms with van der Waals surface area (Å²) in [5.74, 6) is -1.25. The molecule has 1 atom stereocenters. The number of piperazine rings is 1. The van der Waals surface area contributed by atoms with Gasteiger partial charge >= 0.3 is 5.97 Å². The first-order valence-corrected chi connectivity index (χ1v) is 12.1. The summed E-state index contributed by atoms with van der Waals surface area (Å²) in [6.45, 7) is 2.82. The molecule has 2 N–H and O–H groups in total. The minimum Gasteiger partial charge on any atom is -0.481 e. The van der Waals surface area contributed by atoms with Crippen LogP contribution in [0.15, 0.2) is 42.5 Å². The van der Waals surface area contributed by atoms with Gasteiger partial charge in [0.25, 0.3) is 0 Å². The Hall–Kier alpha value is -2.66. The number of carbonyl (C=O) groups is 2. The van der Waals surface area contributed by atoms with E-state index in [1.807, 2.05) is 24.3 Å². The largest absolute Gasteiger partial charge is 0.481 e. The van der Waals surface area contributed by atoms with Crippen LogP contribution in [-0.2, 0) is 27.2 Å². The maximum absolute atomic E-state index is 13.0. The van der Waals surface area contributed by atoms with Gasteiger partial charge in [-0.2, -0.15) is 4.47 Å². The van der Waals surface area contributed by atoms with E-state index in [1.165, 1.54) is 0 Å². The molecule has 0 aromatic heterocycles. The van der Waals surface area contributed by atoms with Gasteiger partial charge in [-0.05, 0) is 54.4 Å². The van der Waals surface area contributed by atoms with Crippen LogP contribution < -0.4 is 14.3 Å². The molecule has 0 radical (unpaired) electrons. The fourth-order valence-corrected chi connectivity index (χ4v) is 5.18. The molecule has 9 nitrogen and oxygen atoms in total. The zero-order valence-electron chi connectivity index (χ0n) is 17.9. The van der Waals surface area contributed by atoms with Crippen LogP contribution in [0.1, 0.15) is 18.4 Å². The van der Waals surface area contributed by atoms with Gasteiger partial charge in [0.15, 0.2) is 0 Å². The standard InChI is InChI=1S/C22H25ClN4O5S/c23-17-1-3-18(4-2-17)24-11-13-25(14-12-24)33(32)27(31)19-5-6-20-16(15-19)9-10-26(20)21(28)7-8-22(29)30/h1-6,15,31H,7-14H2,(H,29,30). The molecule has 4 rings (SSSR count). The topological polar surface area (TPSA) is 105 Å². The molecule has 33 heavy (non-hydrogen) atoms. The van der Waals surface area contributed by atoms with E-state index in [2.05, 4.69) is 4.90 Å². The smallest absolute Gasteiger partial charge is 0.303 e. The predicted molar refractivity (Wildman–Crippen MR) is 127 cm³/mol. The van der Waals surface area contributed by atoms with E-state index in [0.717, 1.165) is 15.7 Å². The lowest BCUT2D eigenvalue weighted by molar-refractivity contribution is -0.138. The zero-order chi connectivity index (χ0) is 23.5. The molecular weight excluding hydrogens is 468 g/mol. The highest BCUT2D eigenvalue weighted by Crippen LogP contribution is 2.32. The summed E-state index contributed by atoms with van der Waals surface area (Å²) in [7, 11) is 0. The molecule has 11 heteroatoms. The van der Waals surface area contributed by atoms with E-state index >= 15 is 0 Å². The van der Waals surface area contributed by atoms with Crippen molar-refractivity contribution >= 4 is 51.7 Å². The minimum absolute atomic E-state index is 0.0608. The van der Waals surface area contributed by atoms with Crippen molar-refractivity contribution in [2.24, 2.45) is 0 Å². The predicted octanol–water partition coefficient (Wildman–Crippen LogP) is 2.69. The second-order valence-electron chi connectivity index (χ2n) is 7.90. The number of anilines is 3. The number of hydrogen-bond donors (Lipinski definition) is 2. The summed E-state index contributed by atoms with van der Waals surface area (Å²) < 4.78 is 15.4.